The molecule has 0 amide bonds. The molecule has 0 radical (unpaired) electrons. The van der Waals surface area contributed by atoms with E-state index in [0.29, 0.717) is 11.1 Å². The van der Waals surface area contributed by atoms with Gasteiger partial charge in [0, 0.05) is 4.47 Å². The van der Waals surface area contributed by atoms with E-state index in [1.807, 2.05) is 0 Å². The maximum Gasteiger partial charge on any atom is 0.340 e. The lowest BCUT2D eigenvalue weighted by Gasteiger charge is -2.03. The molecular formula is C16H16BrNO4. The summed E-state index contributed by atoms with van der Waals surface area (Å²) >= 11 is 3.36. The molecule has 116 valence electrons. The number of halogens is 1. The fourth-order valence-corrected chi connectivity index (χ4v) is 2.52. The van der Waals surface area contributed by atoms with Crippen LogP contribution in [-0.4, -0.2) is 25.2 Å². The normalized spacial score (nSPS) is 10.5. The lowest BCUT2D eigenvalue weighted by atomic mass is 10.1. The number of nitrogens with two attached hydrogens (primary N) is 1. The van der Waals surface area contributed by atoms with Crippen molar-refractivity contribution in [2.24, 2.45) is 0 Å². The smallest absolute Gasteiger partial charge is 0.340 e. The molecule has 22 heavy (non-hydrogen) atoms. The van der Waals surface area contributed by atoms with E-state index in [4.69, 9.17) is 15.2 Å². The van der Waals surface area contributed by atoms with Gasteiger partial charge < -0.3 is 15.2 Å². The van der Waals surface area contributed by atoms with Gasteiger partial charge in [-0.1, -0.05) is 28.1 Å². The van der Waals surface area contributed by atoms with Crippen LogP contribution >= 0.6 is 15.9 Å². The van der Waals surface area contributed by atoms with Crippen LogP contribution in [0.25, 0.3) is 11.1 Å². The number of nitrogen functional groups attached to an aromatic ring is 1. The lowest BCUT2D eigenvalue weighted by molar-refractivity contribution is 0.0525. The van der Waals surface area contributed by atoms with Crippen molar-refractivity contribution in [2.75, 3.05) is 18.9 Å². The molecule has 0 saturated heterocycles. The van der Waals surface area contributed by atoms with Gasteiger partial charge in [0.1, 0.15) is 0 Å². The fourth-order valence-electron chi connectivity index (χ4n) is 2.26. The number of esters is 2. The van der Waals surface area contributed by atoms with Crippen LogP contribution in [0.3, 0.4) is 0 Å². The average Bonchev–Trinajstić information content (AvgIpc) is 2.62. The quantitative estimate of drug-likeness (QED) is 0.838. The number of hydrogen-bond acceptors (Lipinski definition) is 5. The van der Waals surface area contributed by atoms with Gasteiger partial charge in [0.2, 0.25) is 0 Å². The van der Waals surface area contributed by atoms with Crippen LogP contribution in [0.15, 0.2) is 28.7 Å². The first-order valence-corrected chi connectivity index (χ1v) is 7.65. The fraction of sp³-hybridized carbons (Fsp3) is 0.250. The summed E-state index contributed by atoms with van der Waals surface area (Å²) in [6.07, 6.45) is 0. The number of hydrogen-bond donors (Lipinski definition) is 1. The van der Waals surface area contributed by atoms with E-state index >= 15 is 0 Å². The van der Waals surface area contributed by atoms with Gasteiger partial charge >= 0.3 is 11.9 Å². The molecule has 0 spiro atoms. The first-order chi connectivity index (χ1) is 10.5. The van der Waals surface area contributed by atoms with Crippen molar-refractivity contribution >= 4 is 33.6 Å². The highest BCUT2D eigenvalue weighted by atomic mass is 79.9. The molecule has 5 nitrogen and oxygen atoms in total. The highest BCUT2D eigenvalue weighted by Crippen LogP contribution is 2.39. The standard InChI is InChI=1S/C16H16BrNO4/c1-3-21-15(19)12-10-7-5-9(17)6-8-11(10)13(14(12)18)16(20)22-4-2/h5-8H,3-4,18H2,1-2H3. The third-order valence-electron chi connectivity index (χ3n) is 3.15. The van der Waals surface area contributed by atoms with Gasteiger partial charge in [-0.15, -0.1) is 0 Å². The van der Waals surface area contributed by atoms with Crippen LogP contribution in [0.4, 0.5) is 5.69 Å². The summed E-state index contributed by atoms with van der Waals surface area (Å²) in [5.74, 6) is -1.11. The van der Waals surface area contributed by atoms with E-state index in [2.05, 4.69) is 15.9 Å². The second kappa shape index (κ2) is 6.79. The predicted molar refractivity (Wildman–Crippen MR) is 87.1 cm³/mol. The van der Waals surface area contributed by atoms with Crippen LogP contribution in [0.5, 0.6) is 0 Å². The largest absolute Gasteiger partial charge is 0.462 e. The number of ether oxygens (including phenoxy) is 2. The molecule has 0 aromatic heterocycles. The Morgan fingerprint density at radius 3 is 1.73 bits per heavy atom. The number of carbonyl (C=O) groups excluding carboxylic acids is 2. The molecule has 0 saturated carbocycles. The van der Waals surface area contributed by atoms with Gasteiger partial charge in [-0.25, -0.2) is 9.59 Å². The minimum absolute atomic E-state index is 0.0919. The lowest BCUT2D eigenvalue weighted by Crippen LogP contribution is -2.09. The van der Waals surface area contributed by atoms with Crippen LogP contribution in [0.2, 0.25) is 0 Å². The number of rotatable bonds is 4. The summed E-state index contributed by atoms with van der Waals surface area (Å²) in [6, 6.07) is 7.01. The van der Waals surface area contributed by atoms with E-state index in [1.54, 1.807) is 38.1 Å². The van der Waals surface area contributed by atoms with Crippen molar-refractivity contribution in [3.63, 3.8) is 0 Å². The van der Waals surface area contributed by atoms with Crippen LogP contribution in [-0.2, 0) is 9.47 Å². The number of anilines is 1. The number of carbonyl (C=O) groups is 2. The molecule has 0 bridgehead atoms. The summed E-state index contributed by atoms with van der Waals surface area (Å²) in [7, 11) is 0. The monoisotopic (exact) mass is 365 g/mol. The van der Waals surface area contributed by atoms with Crippen molar-refractivity contribution in [1.82, 2.24) is 0 Å². The first kappa shape index (κ1) is 16.3. The Hall–Kier alpha value is -2.08. The molecule has 0 unspecified atom stereocenters. The van der Waals surface area contributed by atoms with Gasteiger partial charge in [-0.3, -0.25) is 0 Å². The Morgan fingerprint density at radius 2 is 1.36 bits per heavy atom. The zero-order chi connectivity index (χ0) is 16.3. The Bertz CT molecular complexity index is 643. The van der Waals surface area contributed by atoms with Crippen molar-refractivity contribution in [2.45, 2.75) is 13.8 Å². The minimum atomic E-state index is -0.553. The molecule has 0 aliphatic heterocycles. The zero-order valence-electron chi connectivity index (χ0n) is 12.3. The maximum atomic E-state index is 12.2. The highest BCUT2D eigenvalue weighted by molar-refractivity contribution is 9.10. The molecule has 2 N–H and O–H groups in total. The Balaban J connectivity index is 2.72. The van der Waals surface area contributed by atoms with Crippen molar-refractivity contribution in [1.29, 1.82) is 0 Å². The summed E-state index contributed by atoms with van der Waals surface area (Å²) < 4.78 is 10.9. The van der Waals surface area contributed by atoms with E-state index in [1.165, 1.54) is 0 Å². The number of fused-ring (bicyclic) bond motifs is 1. The predicted octanol–water partition coefficient (Wildman–Crippen LogP) is 3.49. The molecule has 0 fully saturated rings. The highest BCUT2D eigenvalue weighted by Gasteiger charge is 2.30. The molecule has 2 rings (SSSR count). The van der Waals surface area contributed by atoms with Gasteiger partial charge in [0.05, 0.1) is 30.0 Å². The topological polar surface area (TPSA) is 78.6 Å². The van der Waals surface area contributed by atoms with E-state index in [-0.39, 0.29) is 30.0 Å². The third-order valence-corrected chi connectivity index (χ3v) is 3.67. The summed E-state index contributed by atoms with van der Waals surface area (Å²) in [5, 5.41) is 0. The molecule has 2 aliphatic carbocycles. The Labute approximate surface area is 136 Å². The van der Waals surface area contributed by atoms with Crippen LogP contribution in [0, 0.1) is 0 Å². The van der Waals surface area contributed by atoms with E-state index in [9.17, 15) is 9.59 Å². The maximum absolute atomic E-state index is 12.2. The molecule has 0 atom stereocenters. The average molecular weight is 366 g/mol. The second-order valence-corrected chi connectivity index (χ2v) is 5.40. The Morgan fingerprint density at radius 1 is 0.955 bits per heavy atom. The first-order valence-electron chi connectivity index (χ1n) is 6.86. The molecule has 0 aromatic carbocycles. The van der Waals surface area contributed by atoms with E-state index in [0.717, 1.165) is 4.47 Å². The van der Waals surface area contributed by atoms with Crippen LogP contribution in [0.1, 0.15) is 34.6 Å². The summed E-state index contributed by atoms with van der Waals surface area (Å²) in [4.78, 5) is 24.4. The molecular weight excluding hydrogens is 350 g/mol. The Kier molecular flexibility index (Phi) is 5.03. The SMILES string of the molecule is CCOC(=O)c1c2ccc(Br)ccc-2c(C(=O)OCC)c1N. The van der Waals surface area contributed by atoms with E-state index < -0.39 is 11.9 Å². The van der Waals surface area contributed by atoms with Crippen LogP contribution < -0.4 is 5.73 Å². The second-order valence-electron chi connectivity index (χ2n) is 4.48. The molecule has 6 heteroatoms. The minimum Gasteiger partial charge on any atom is -0.462 e. The molecule has 0 heterocycles. The van der Waals surface area contributed by atoms with Gasteiger partial charge in [0.25, 0.3) is 0 Å². The van der Waals surface area contributed by atoms with Crippen molar-refractivity contribution in [3.8, 4) is 11.1 Å². The third kappa shape index (κ3) is 2.92. The molecule has 0 aromatic rings. The van der Waals surface area contributed by atoms with Crippen molar-refractivity contribution in [3.05, 3.63) is 39.9 Å². The zero-order valence-corrected chi connectivity index (χ0v) is 13.9. The van der Waals surface area contributed by atoms with Gasteiger partial charge in [-0.2, -0.15) is 0 Å². The molecule has 2 aliphatic rings. The summed E-state index contributed by atoms with van der Waals surface area (Å²) in [6.45, 7) is 3.87. The van der Waals surface area contributed by atoms with Crippen molar-refractivity contribution < 1.29 is 19.1 Å². The summed E-state index contributed by atoms with van der Waals surface area (Å²) in [5.41, 5.74) is 7.65. The van der Waals surface area contributed by atoms with Gasteiger partial charge in [0.15, 0.2) is 0 Å². The van der Waals surface area contributed by atoms with Gasteiger partial charge in [-0.05, 0) is 37.1 Å².